The highest BCUT2D eigenvalue weighted by atomic mass is 14.9. The molecule has 1 aliphatic carbocycles. The third kappa shape index (κ3) is 4.55. The molecule has 1 fully saturated rings. The number of nitrogens with one attached hydrogen (secondary N) is 1. The van der Waals surface area contributed by atoms with Crippen molar-refractivity contribution in [1.82, 2.24) is 5.32 Å². The van der Waals surface area contributed by atoms with Gasteiger partial charge in [-0.1, -0.05) is 52.9 Å². The maximum Gasteiger partial charge on any atom is -0.00179 e. The third-order valence-corrected chi connectivity index (χ3v) is 4.28. The fraction of sp³-hybridized carbons (Fsp3) is 1.00. The molecule has 1 saturated carbocycles. The second-order valence-corrected chi connectivity index (χ2v) is 5.36. The Bertz CT molecular complexity index is 151. The standard InChI is InChI=1S/C14H29N/c1-4-13(5-2)10-15-11-14-9-7-6-8-12(14)3/h12-15H,4-11H2,1-3H3. The molecule has 1 N–H and O–H groups in total. The largest absolute Gasteiger partial charge is 0.316 e. The van der Waals surface area contributed by atoms with Gasteiger partial charge in [-0.2, -0.15) is 0 Å². The molecular formula is C14H29N. The molecule has 0 aromatic heterocycles. The Labute approximate surface area is 96.0 Å². The molecule has 0 aliphatic heterocycles. The van der Waals surface area contributed by atoms with Crippen LogP contribution in [0.5, 0.6) is 0 Å². The van der Waals surface area contributed by atoms with Gasteiger partial charge in [-0.15, -0.1) is 0 Å². The Kier molecular flexibility index (Phi) is 6.31. The van der Waals surface area contributed by atoms with E-state index in [-0.39, 0.29) is 0 Å². The van der Waals surface area contributed by atoms with Crippen molar-refractivity contribution in [2.75, 3.05) is 13.1 Å². The van der Waals surface area contributed by atoms with Gasteiger partial charge < -0.3 is 5.32 Å². The lowest BCUT2D eigenvalue weighted by atomic mass is 9.80. The highest BCUT2D eigenvalue weighted by Gasteiger charge is 2.20. The average Bonchev–Trinajstić information content (AvgIpc) is 2.27. The van der Waals surface area contributed by atoms with E-state index in [1.165, 1.54) is 51.6 Å². The predicted molar refractivity (Wildman–Crippen MR) is 68.1 cm³/mol. The molecule has 0 aromatic carbocycles. The van der Waals surface area contributed by atoms with E-state index in [1.807, 2.05) is 0 Å². The quantitative estimate of drug-likeness (QED) is 0.704. The van der Waals surface area contributed by atoms with Gasteiger partial charge in [-0.25, -0.2) is 0 Å². The van der Waals surface area contributed by atoms with Gasteiger partial charge in [0.1, 0.15) is 0 Å². The first-order chi connectivity index (χ1) is 7.27. The van der Waals surface area contributed by atoms with Crippen LogP contribution in [-0.4, -0.2) is 13.1 Å². The number of hydrogen-bond acceptors (Lipinski definition) is 1. The Morgan fingerprint density at radius 1 is 1.13 bits per heavy atom. The van der Waals surface area contributed by atoms with Crippen LogP contribution in [0.1, 0.15) is 59.3 Å². The van der Waals surface area contributed by atoms with E-state index < -0.39 is 0 Å². The normalized spacial score (nSPS) is 27.2. The second kappa shape index (κ2) is 7.27. The van der Waals surface area contributed by atoms with Crippen LogP contribution in [0, 0.1) is 17.8 Å². The molecule has 0 saturated heterocycles. The summed E-state index contributed by atoms with van der Waals surface area (Å²) in [5.41, 5.74) is 0. The molecule has 0 bridgehead atoms. The molecule has 2 atom stereocenters. The summed E-state index contributed by atoms with van der Waals surface area (Å²) in [5.74, 6) is 2.80. The van der Waals surface area contributed by atoms with Crippen molar-refractivity contribution in [2.45, 2.75) is 59.3 Å². The van der Waals surface area contributed by atoms with E-state index in [0.29, 0.717) is 0 Å². The molecule has 0 heterocycles. The van der Waals surface area contributed by atoms with E-state index in [9.17, 15) is 0 Å². The van der Waals surface area contributed by atoms with Gasteiger partial charge in [0, 0.05) is 0 Å². The first kappa shape index (κ1) is 13.0. The summed E-state index contributed by atoms with van der Waals surface area (Å²) in [5, 5.41) is 3.69. The third-order valence-electron chi connectivity index (χ3n) is 4.28. The Hall–Kier alpha value is -0.0400. The Morgan fingerprint density at radius 3 is 2.40 bits per heavy atom. The van der Waals surface area contributed by atoms with Crippen molar-refractivity contribution in [3.63, 3.8) is 0 Å². The molecule has 90 valence electrons. The fourth-order valence-corrected chi connectivity index (χ4v) is 2.75. The first-order valence-electron chi connectivity index (χ1n) is 6.98. The lowest BCUT2D eigenvalue weighted by molar-refractivity contribution is 0.243. The van der Waals surface area contributed by atoms with Crippen molar-refractivity contribution in [2.24, 2.45) is 17.8 Å². The van der Waals surface area contributed by atoms with Gasteiger partial charge in [0.05, 0.1) is 0 Å². The van der Waals surface area contributed by atoms with E-state index >= 15 is 0 Å². The van der Waals surface area contributed by atoms with Crippen LogP contribution in [0.25, 0.3) is 0 Å². The molecule has 0 radical (unpaired) electrons. The molecule has 0 aromatic rings. The summed E-state index contributed by atoms with van der Waals surface area (Å²) in [4.78, 5) is 0. The summed E-state index contributed by atoms with van der Waals surface area (Å²) < 4.78 is 0. The van der Waals surface area contributed by atoms with Crippen molar-refractivity contribution >= 4 is 0 Å². The predicted octanol–water partition coefficient (Wildman–Crippen LogP) is 3.84. The van der Waals surface area contributed by atoms with Crippen LogP contribution in [0.15, 0.2) is 0 Å². The van der Waals surface area contributed by atoms with Crippen LogP contribution >= 0.6 is 0 Å². The Morgan fingerprint density at radius 2 is 1.80 bits per heavy atom. The number of rotatable bonds is 6. The topological polar surface area (TPSA) is 12.0 Å². The average molecular weight is 211 g/mol. The van der Waals surface area contributed by atoms with Gasteiger partial charge in [-0.05, 0) is 37.3 Å². The summed E-state index contributed by atoms with van der Waals surface area (Å²) >= 11 is 0. The zero-order valence-electron chi connectivity index (χ0n) is 10.9. The number of hydrogen-bond donors (Lipinski definition) is 1. The summed E-state index contributed by atoms with van der Waals surface area (Å²) in [6.45, 7) is 9.54. The summed E-state index contributed by atoms with van der Waals surface area (Å²) in [7, 11) is 0. The van der Waals surface area contributed by atoms with Crippen LogP contribution in [0.3, 0.4) is 0 Å². The van der Waals surface area contributed by atoms with Crippen LogP contribution in [-0.2, 0) is 0 Å². The van der Waals surface area contributed by atoms with Gasteiger partial charge in [0.2, 0.25) is 0 Å². The van der Waals surface area contributed by atoms with E-state index in [2.05, 4.69) is 26.1 Å². The van der Waals surface area contributed by atoms with Crippen molar-refractivity contribution in [3.05, 3.63) is 0 Å². The molecule has 0 spiro atoms. The van der Waals surface area contributed by atoms with Gasteiger partial charge >= 0.3 is 0 Å². The summed E-state index contributed by atoms with van der Waals surface area (Å²) in [6, 6.07) is 0. The zero-order chi connectivity index (χ0) is 11.1. The van der Waals surface area contributed by atoms with Gasteiger partial charge in [-0.3, -0.25) is 0 Å². The maximum atomic E-state index is 3.69. The molecule has 1 rings (SSSR count). The highest BCUT2D eigenvalue weighted by Crippen LogP contribution is 2.28. The highest BCUT2D eigenvalue weighted by molar-refractivity contribution is 4.74. The zero-order valence-corrected chi connectivity index (χ0v) is 10.9. The molecular weight excluding hydrogens is 182 g/mol. The minimum absolute atomic E-state index is 0.892. The first-order valence-corrected chi connectivity index (χ1v) is 6.98. The minimum Gasteiger partial charge on any atom is -0.316 e. The molecule has 2 unspecified atom stereocenters. The SMILES string of the molecule is CCC(CC)CNCC1CCCCC1C. The molecule has 0 amide bonds. The molecule has 1 heteroatoms. The van der Waals surface area contributed by atoms with Gasteiger partial charge in [0.15, 0.2) is 0 Å². The van der Waals surface area contributed by atoms with Gasteiger partial charge in [0.25, 0.3) is 0 Å². The van der Waals surface area contributed by atoms with Crippen LogP contribution in [0.4, 0.5) is 0 Å². The summed E-state index contributed by atoms with van der Waals surface area (Å²) in [6.07, 6.45) is 8.48. The molecule has 15 heavy (non-hydrogen) atoms. The smallest absolute Gasteiger partial charge is 0.00179 e. The van der Waals surface area contributed by atoms with E-state index in [1.54, 1.807) is 0 Å². The van der Waals surface area contributed by atoms with E-state index in [4.69, 9.17) is 0 Å². The maximum absolute atomic E-state index is 3.69. The molecule has 1 aliphatic rings. The van der Waals surface area contributed by atoms with Crippen molar-refractivity contribution in [1.29, 1.82) is 0 Å². The Balaban J connectivity index is 2.12. The van der Waals surface area contributed by atoms with Crippen LogP contribution < -0.4 is 5.32 Å². The fourth-order valence-electron chi connectivity index (χ4n) is 2.75. The second-order valence-electron chi connectivity index (χ2n) is 5.36. The van der Waals surface area contributed by atoms with Crippen molar-refractivity contribution < 1.29 is 0 Å². The minimum atomic E-state index is 0.892. The lowest BCUT2D eigenvalue weighted by Gasteiger charge is -2.29. The monoisotopic (exact) mass is 211 g/mol. The lowest BCUT2D eigenvalue weighted by Crippen LogP contribution is -2.32. The van der Waals surface area contributed by atoms with Crippen LogP contribution in [0.2, 0.25) is 0 Å². The van der Waals surface area contributed by atoms with E-state index in [0.717, 1.165) is 17.8 Å². The molecule has 1 nitrogen and oxygen atoms in total. The van der Waals surface area contributed by atoms with Crippen molar-refractivity contribution in [3.8, 4) is 0 Å².